The van der Waals surface area contributed by atoms with Gasteiger partial charge in [0.05, 0.1) is 27.0 Å². The maximum absolute atomic E-state index is 12.4. The number of amides is 1. The van der Waals surface area contributed by atoms with E-state index >= 15 is 0 Å². The fourth-order valence-corrected chi connectivity index (χ4v) is 2.40. The summed E-state index contributed by atoms with van der Waals surface area (Å²) in [6.45, 7) is 0.00328. The highest BCUT2D eigenvalue weighted by atomic mass is 35.5. The standard InChI is InChI=1S/C15H12ClN3O5/c1-17(9-10-4-2-3-5-14(10)19(23)24)15(20)12-7-6-11(18(21)22)8-13(12)16/h2-8H,9H2,1H3. The summed E-state index contributed by atoms with van der Waals surface area (Å²) in [4.78, 5) is 34.3. The molecule has 0 bridgehead atoms. The van der Waals surface area contributed by atoms with Gasteiger partial charge in [-0.3, -0.25) is 25.0 Å². The van der Waals surface area contributed by atoms with Gasteiger partial charge < -0.3 is 4.90 Å². The number of carbonyl (C=O) groups is 1. The van der Waals surface area contributed by atoms with Crippen LogP contribution in [0.3, 0.4) is 0 Å². The van der Waals surface area contributed by atoms with Crippen molar-refractivity contribution in [1.29, 1.82) is 0 Å². The molecular weight excluding hydrogens is 338 g/mol. The molecule has 0 aliphatic heterocycles. The number of hydrogen-bond donors (Lipinski definition) is 0. The van der Waals surface area contributed by atoms with Crippen molar-refractivity contribution in [2.45, 2.75) is 6.54 Å². The third kappa shape index (κ3) is 3.66. The number of nitro groups is 2. The number of benzene rings is 2. The van der Waals surface area contributed by atoms with Gasteiger partial charge in [-0.25, -0.2) is 0 Å². The molecule has 124 valence electrons. The fraction of sp³-hybridized carbons (Fsp3) is 0.133. The first-order valence-corrected chi connectivity index (χ1v) is 7.10. The van der Waals surface area contributed by atoms with E-state index in [1.807, 2.05) is 0 Å². The minimum atomic E-state index is -0.614. The van der Waals surface area contributed by atoms with Crippen molar-refractivity contribution in [3.8, 4) is 0 Å². The number of rotatable bonds is 5. The Morgan fingerprint density at radius 3 is 2.38 bits per heavy atom. The van der Waals surface area contributed by atoms with Gasteiger partial charge >= 0.3 is 0 Å². The monoisotopic (exact) mass is 349 g/mol. The van der Waals surface area contributed by atoms with Crippen LogP contribution in [0.4, 0.5) is 11.4 Å². The number of halogens is 1. The number of non-ortho nitro benzene ring substituents is 1. The van der Waals surface area contributed by atoms with E-state index in [2.05, 4.69) is 0 Å². The average Bonchev–Trinajstić information content (AvgIpc) is 2.54. The largest absolute Gasteiger partial charge is 0.337 e. The second-order valence-corrected chi connectivity index (χ2v) is 5.38. The van der Waals surface area contributed by atoms with Gasteiger partial charge in [-0.15, -0.1) is 0 Å². The summed E-state index contributed by atoms with van der Waals surface area (Å²) < 4.78 is 0. The van der Waals surface area contributed by atoms with Crippen molar-refractivity contribution < 1.29 is 14.6 Å². The number of para-hydroxylation sites is 1. The lowest BCUT2D eigenvalue weighted by Crippen LogP contribution is -2.26. The van der Waals surface area contributed by atoms with E-state index in [0.29, 0.717) is 5.56 Å². The second kappa shape index (κ2) is 7.05. The lowest BCUT2D eigenvalue weighted by molar-refractivity contribution is -0.385. The third-order valence-electron chi connectivity index (χ3n) is 3.34. The van der Waals surface area contributed by atoms with Gasteiger partial charge in [0.1, 0.15) is 0 Å². The lowest BCUT2D eigenvalue weighted by Gasteiger charge is -2.18. The van der Waals surface area contributed by atoms with Crippen molar-refractivity contribution in [1.82, 2.24) is 4.90 Å². The van der Waals surface area contributed by atoms with E-state index < -0.39 is 15.8 Å². The number of hydrogen-bond acceptors (Lipinski definition) is 5. The molecule has 0 N–H and O–H groups in total. The molecule has 0 spiro atoms. The molecule has 2 aromatic rings. The Bertz CT molecular complexity index is 825. The molecule has 0 fully saturated rings. The van der Waals surface area contributed by atoms with Gasteiger partial charge in [-0.1, -0.05) is 29.8 Å². The summed E-state index contributed by atoms with van der Waals surface area (Å²) in [7, 11) is 1.47. The minimum Gasteiger partial charge on any atom is -0.337 e. The summed E-state index contributed by atoms with van der Waals surface area (Å²) in [6.07, 6.45) is 0. The Labute approximate surface area is 141 Å². The maximum atomic E-state index is 12.4. The molecule has 0 aliphatic rings. The zero-order valence-electron chi connectivity index (χ0n) is 12.5. The Kier molecular flexibility index (Phi) is 5.10. The summed E-state index contributed by atoms with van der Waals surface area (Å²) in [5.74, 6) is -0.493. The molecule has 0 atom stereocenters. The SMILES string of the molecule is CN(Cc1ccccc1[N+](=O)[O-])C(=O)c1ccc([N+](=O)[O-])cc1Cl. The summed E-state index contributed by atoms with van der Waals surface area (Å²) >= 11 is 5.94. The van der Waals surface area contributed by atoms with Crippen LogP contribution >= 0.6 is 11.6 Å². The molecule has 0 heterocycles. The molecule has 0 unspecified atom stereocenters. The number of nitro benzene ring substituents is 2. The van der Waals surface area contributed by atoms with Crippen LogP contribution in [0.25, 0.3) is 0 Å². The van der Waals surface area contributed by atoms with E-state index in [-0.39, 0.29) is 28.5 Å². The van der Waals surface area contributed by atoms with Crippen LogP contribution in [0.5, 0.6) is 0 Å². The van der Waals surface area contributed by atoms with Gasteiger partial charge in [-0.2, -0.15) is 0 Å². The Hall–Kier alpha value is -3.00. The fourth-order valence-electron chi connectivity index (χ4n) is 2.15. The molecule has 2 aromatic carbocycles. The zero-order valence-corrected chi connectivity index (χ0v) is 13.3. The molecule has 9 heteroatoms. The van der Waals surface area contributed by atoms with Gasteiger partial charge in [0, 0.05) is 30.8 Å². The van der Waals surface area contributed by atoms with Gasteiger partial charge in [0.15, 0.2) is 0 Å². The smallest absolute Gasteiger partial charge is 0.274 e. The van der Waals surface area contributed by atoms with E-state index in [1.165, 1.54) is 36.2 Å². The second-order valence-electron chi connectivity index (χ2n) is 4.97. The predicted molar refractivity (Wildman–Crippen MR) is 87.0 cm³/mol. The number of nitrogens with zero attached hydrogens (tertiary/aromatic N) is 3. The predicted octanol–water partition coefficient (Wildman–Crippen LogP) is 3.43. The van der Waals surface area contributed by atoms with Crippen LogP contribution in [0.1, 0.15) is 15.9 Å². The molecule has 2 rings (SSSR count). The minimum absolute atomic E-state index is 0.00328. The topological polar surface area (TPSA) is 107 Å². The van der Waals surface area contributed by atoms with Crippen molar-refractivity contribution in [2.75, 3.05) is 7.05 Å². The average molecular weight is 350 g/mol. The molecule has 8 nitrogen and oxygen atoms in total. The Morgan fingerprint density at radius 2 is 1.79 bits per heavy atom. The van der Waals surface area contributed by atoms with E-state index in [0.717, 1.165) is 6.07 Å². The molecule has 24 heavy (non-hydrogen) atoms. The van der Waals surface area contributed by atoms with Crippen molar-refractivity contribution in [2.24, 2.45) is 0 Å². The van der Waals surface area contributed by atoms with Crippen LogP contribution in [0.2, 0.25) is 5.02 Å². The highest BCUT2D eigenvalue weighted by Crippen LogP contribution is 2.25. The normalized spacial score (nSPS) is 10.2. The maximum Gasteiger partial charge on any atom is 0.274 e. The molecule has 0 saturated heterocycles. The van der Waals surface area contributed by atoms with Crippen molar-refractivity contribution >= 4 is 28.9 Å². The lowest BCUT2D eigenvalue weighted by atomic mass is 10.1. The van der Waals surface area contributed by atoms with Crippen LogP contribution in [-0.2, 0) is 6.54 Å². The van der Waals surface area contributed by atoms with Crippen molar-refractivity contribution in [3.63, 3.8) is 0 Å². The summed E-state index contributed by atoms with van der Waals surface area (Å²) in [5.41, 5.74) is 0.143. The third-order valence-corrected chi connectivity index (χ3v) is 3.65. The quantitative estimate of drug-likeness (QED) is 0.607. The van der Waals surface area contributed by atoms with Gasteiger partial charge in [0.25, 0.3) is 17.3 Å². The highest BCUT2D eigenvalue weighted by molar-refractivity contribution is 6.34. The molecule has 0 aliphatic carbocycles. The van der Waals surface area contributed by atoms with Crippen LogP contribution in [-0.4, -0.2) is 27.7 Å². The highest BCUT2D eigenvalue weighted by Gasteiger charge is 2.21. The van der Waals surface area contributed by atoms with E-state index in [9.17, 15) is 25.0 Å². The van der Waals surface area contributed by atoms with E-state index in [4.69, 9.17) is 11.6 Å². The summed E-state index contributed by atoms with van der Waals surface area (Å²) in [6, 6.07) is 9.62. The van der Waals surface area contributed by atoms with Crippen LogP contribution < -0.4 is 0 Å². The Balaban J connectivity index is 2.25. The van der Waals surface area contributed by atoms with Gasteiger partial charge in [-0.05, 0) is 6.07 Å². The molecule has 0 aromatic heterocycles. The first kappa shape index (κ1) is 17.4. The van der Waals surface area contributed by atoms with Crippen molar-refractivity contribution in [3.05, 3.63) is 78.8 Å². The van der Waals surface area contributed by atoms with Gasteiger partial charge in [0.2, 0.25) is 0 Å². The zero-order chi connectivity index (χ0) is 17.9. The first-order chi connectivity index (χ1) is 11.3. The molecule has 0 saturated carbocycles. The molecular formula is C15H12ClN3O5. The van der Waals surface area contributed by atoms with Crippen LogP contribution in [0, 0.1) is 20.2 Å². The molecule has 1 amide bonds. The van der Waals surface area contributed by atoms with Crippen LogP contribution in [0.15, 0.2) is 42.5 Å². The first-order valence-electron chi connectivity index (χ1n) is 6.73. The Morgan fingerprint density at radius 1 is 1.12 bits per heavy atom. The number of carbonyl (C=O) groups excluding carboxylic acids is 1. The van der Waals surface area contributed by atoms with E-state index in [1.54, 1.807) is 12.1 Å². The molecule has 0 radical (unpaired) electrons. The summed E-state index contributed by atoms with van der Waals surface area (Å²) in [5, 5.41) is 21.7.